The van der Waals surface area contributed by atoms with E-state index in [2.05, 4.69) is 20.9 Å². The predicted octanol–water partition coefficient (Wildman–Crippen LogP) is 2.11. The summed E-state index contributed by atoms with van der Waals surface area (Å²) in [5.41, 5.74) is 2.04. The number of hydrogen-bond acceptors (Lipinski definition) is 4. The van der Waals surface area contributed by atoms with E-state index in [1.54, 1.807) is 14.1 Å². The van der Waals surface area contributed by atoms with Gasteiger partial charge in [-0.1, -0.05) is 0 Å². The monoisotopic (exact) mass is 391 g/mol. The molecule has 1 saturated heterocycles. The number of aryl methyl sites for hydroxylation is 2. The van der Waals surface area contributed by atoms with Crippen molar-refractivity contribution in [2.45, 2.75) is 32.8 Å². The van der Waals surface area contributed by atoms with Crippen molar-refractivity contribution in [3.05, 3.63) is 21.8 Å². The molecule has 0 atom stereocenters. The fraction of sp³-hybridized carbons (Fsp3) is 0.643. The van der Waals surface area contributed by atoms with E-state index in [1.165, 1.54) is 8.61 Å². The quantitative estimate of drug-likeness (QED) is 0.788. The normalized spacial score (nSPS) is 17.9. The van der Waals surface area contributed by atoms with Crippen LogP contribution >= 0.6 is 15.9 Å². The maximum absolute atomic E-state index is 12.1. The molecule has 22 heavy (non-hydrogen) atoms. The number of ether oxygens (including phenoxy) is 1. The zero-order chi connectivity index (χ0) is 16.5. The minimum Gasteiger partial charge on any atom is -0.473 e. The Kier molecular flexibility index (Phi) is 5.47. The number of halogens is 1. The summed E-state index contributed by atoms with van der Waals surface area (Å²) in [6.07, 6.45) is 1.31. The summed E-state index contributed by atoms with van der Waals surface area (Å²) in [5, 5.41) is 0. The minimum atomic E-state index is -3.33. The SMILES string of the molecule is Cc1cc(Br)c(OC2CCN(S(=O)(=O)N(C)C)CC2)nc1C. The molecule has 0 spiro atoms. The molecule has 8 heteroatoms. The van der Waals surface area contributed by atoms with Crippen LogP contribution in [0.15, 0.2) is 10.5 Å². The van der Waals surface area contributed by atoms with Gasteiger partial charge in [0.1, 0.15) is 6.10 Å². The summed E-state index contributed by atoms with van der Waals surface area (Å²) < 4.78 is 33.7. The van der Waals surface area contributed by atoms with E-state index in [4.69, 9.17) is 4.74 Å². The van der Waals surface area contributed by atoms with Crippen molar-refractivity contribution in [1.29, 1.82) is 0 Å². The molecule has 124 valence electrons. The van der Waals surface area contributed by atoms with E-state index in [-0.39, 0.29) is 6.10 Å². The fourth-order valence-corrected chi connectivity index (χ4v) is 3.96. The average Bonchev–Trinajstić information content (AvgIpc) is 2.45. The van der Waals surface area contributed by atoms with Gasteiger partial charge in [0.25, 0.3) is 10.2 Å². The van der Waals surface area contributed by atoms with Crippen molar-refractivity contribution in [3.63, 3.8) is 0 Å². The molecule has 0 unspecified atom stereocenters. The topological polar surface area (TPSA) is 62.7 Å². The van der Waals surface area contributed by atoms with Crippen LogP contribution in [0.1, 0.15) is 24.1 Å². The number of piperidine rings is 1. The van der Waals surface area contributed by atoms with Gasteiger partial charge in [-0.15, -0.1) is 0 Å². The molecule has 0 N–H and O–H groups in total. The number of nitrogens with zero attached hydrogens (tertiary/aromatic N) is 3. The lowest BCUT2D eigenvalue weighted by molar-refractivity contribution is 0.127. The molecule has 0 saturated carbocycles. The summed E-state index contributed by atoms with van der Waals surface area (Å²) in [6.45, 7) is 4.88. The van der Waals surface area contributed by atoms with Crippen molar-refractivity contribution in [2.24, 2.45) is 0 Å². The highest BCUT2D eigenvalue weighted by atomic mass is 79.9. The molecule has 6 nitrogen and oxygen atoms in total. The third-order valence-corrected chi connectivity index (χ3v) is 6.36. The van der Waals surface area contributed by atoms with E-state index in [9.17, 15) is 8.42 Å². The van der Waals surface area contributed by atoms with Crippen LogP contribution in [-0.4, -0.2) is 55.3 Å². The molecule has 0 amide bonds. The number of aromatic nitrogens is 1. The largest absolute Gasteiger partial charge is 0.473 e. The maximum Gasteiger partial charge on any atom is 0.281 e. The molecule has 1 aliphatic rings. The summed E-state index contributed by atoms with van der Waals surface area (Å²) >= 11 is 3.47. The van der Waals surface area contributed by atoms with Crippen LogP contribution in [0.4, 0.5) is 0 Å². The van der Waals surface area contributed by atoms with Gasteiger partial charge in [0.15, 0.2) is 0 Å². The van der Waals surface area contributed by atoms with Gasteiger partial charge in [-0.2, -0.15) is 17.0 Å². The highest BCUT2D eigenvalue weighted by molar-refractivity contribution is 9.10. The molecule has 0 aliphatic carbocycles. The third-order valence-electron chi connectivity index (χ3n) is 3.85. The second kappa shape index (κ2) is 6.82. The predicted molar refractivity (Wildman–Crippen MR) is 89.2 cm³/mol. The van der Waals surface area contributed by atoms with Crippen LogP contribution in [0.2, 0.25) is 0 Å². The van der Waals surface area contributed by atoms with Crippen LogP contribution in [0.5, 0.6) is 5.88 Å². The van der Waals surface area contributed by atoms with Gasteiger partial charge in [0.2, 0.25) is 5.88 Å². The van der Waals surface area contributed by atoms with Gasteiger partial charge in [0.05, 0.1) is 4.47 Å². The first kappa shape index (κ1) is 17.7. The van der Waals surface area contributed by atoms with Crippen LogP contribution in [0.3, 0.4) is 0 Å². The molecule has 0 radical (unpaired) electrons. The van der Waals surface area contributed by atoms with Gasteiger partial charge < -0.3 is 4.74 Å². The standard InChI is InChI=1S/C14H22BrN3O3S/c1-10-9-13(15)14(16-11(10)2)21-12-5-7-18(8-6-12)22(19,20)17(3)4/h9,12H,5-8H2,1-4H3. The molecule has 1 fully saturated rings. The van der Waals surface area contributed by atoms with Gasteiger partial charge in [-0.3, -0.25) is 0 Å². The molecule has 2 rings (SSSR count). The van der Waals surface area contributed by atoms with Crippen LogP contribution < -0.4 is 4.74 Å². The minimum absolute atomic E-state index is 0.0143. The van der Waals surface area contributed by atoms with E-state index in [0.29, 0.717) is 31.8 Å². The molecule has 0 bridgehead atoms. The number of rotatable bonds is 4. The molecule has 1 aromatic rings. The summed E-state index contributed by atoms with van der Waals surface area (Å²) in [7, 11) is -0.231. The number of hydrogen-bond donors (Lipinski definition) is 0. The molecule has 1 aromatic heterocycles. The first-order valence-corrected chi connectivity index (χ1v) is 9.39. The smallest absolute Gasteiger partial charge is 0.281 e. The second-order valence-corrected chi connectivity index (χ2v) is 8.68. The van der Waals surface area contributed by atoms with Gasteiger partial charge >= 0.3 is 0 Å². The zero-order valence-corrected chi connectivity index (χ0v) is 15.7. The highest BCUT2D eigenvalue weighted by Crippen LogP contribution is 2.28. The molecule has 2 heterocycles. The van der Waals surface area contributed by atoms with Crippen molar-refractivity contribution >= 4 is 26.1 Å². The van der Waals surface area contributed by atoms with E-state index >= 15 is 0 Å². The van der Waals surface area contributed by atoms with Crippen molar-refractivity contribution in [3.8, 4) is 5.88 Å². The molecule has 1 aliphatic heterocycles. The van der Waals surface area contributed by atoms with Crippen molar-refractivity contribution in [1.82, 2.24) is 13.6 Å². The molecular weight excluding hydrogens is 370 g/mol. The van der Waals surface area contributed by atoms with Gasteiger partial charge in [-0.25, -0.2) is 4.98 Å². The number of pyridine rings is 1. The maximum atomic E-state index is 12.1. The van der Waals surface area contributed by atoms with Crippen molar-refractivity contribution in [2.75, 3.05) is 27.2 Å². The Morgan fingerprint density at radius 2 is 1.91 bits per heavy atom. The van der Waals surface area contributed by atoms with Crippen LogP contribution in [-0.2, 0) is 10.2 Å². The lowest BCUT2D eigenvalue weighted by Gasteiger charge is -2.32. The Balaban J connectivity index is 2.00. The Hall–Kier alpha value is -0.700. The lowest BCUT2D eigenvalue weighted by atomic mass is 10.1. The van der Waals surface area contributed by atoms with Crippen molar-refractivity contribution < 1.29 is 13.2 Å². The lowest BCUT2D eigenvalue weighted by Crippen LogP contribution is -2.46. The van der Waals surface area contributed by atoms with E-state index in [0.717, 1.165) is 15.7 Å². The van der Waals surface area contributed by atoms with Gasteiger partial charge in [0, 0.05) is 32.9 Å². The second-order valence-electron chi connectivity index (χ2n) is 5.68. The molecular formula is C14H22BrN3O3S. The Morgan fingerprint density at radius 1 is 1.32 bits per heavy atom. The van der Waals surface area contributed by atoms with Crippen LogP contribution in [0.25, 0.3) is 0 Å². The summed E-state index contributed by atoms with van der Waals surface area (Å²) in [4.78, 5) is 4.45. The van der Waals surface area contributed by atoms with E-state index < -0.39 is 10.2 Å². The average molecular weight is 392 g/mol. The summed E-state index contributed by atoms with van der Waals surface area (Å²) in [5.74, 6) is 0.581. The Labute approximate surface area is 140 Å². The first-order chi connectivity index (χ1) is 10.2. The summed E-state index contributed by atoms with van der Waals surface area (Å²) in [6, 6.07) is 1.99. The molecule has 0 aromatic carbocycles. The highest BCUT2D eigenvalue weighted by Gasteiger charge is 2.30. The first-order valence-electron chi connectivity index (χ1n) is 7.20. The Bertz CT molecular complexity index is 641. The van der Waals surface area contributed by atoms with E-state index in [1.807, 2.05) is 19.9 Å². The Morgan fingerprint density at radius 3 is 2.45 bits per heavy atom. The fourth-order valence-electron chi connectivity index (χ4n) is 2.30. The van der Waals surface area contributed by atoms with Crippen LogP contribution in [0, 0.1) is 13.8 Å². The van der Waals surface area contributed by atoms with Gasteiger partial charge in [-0.05, 0) is 54.2 Å². The third kappa shape index (κ3) is 3.79. The zero-order valence-electron chi connectivity index (χ0n) is 13.3.